The van der Waals surface area contributed by atoms with E-state index in [1.807, 2.05) is 66.4 Å². The van der Waals surface area contributed by atoms with Crippen LogP contribution >= 0.6 is 11.8 Å². The Morgan fingerprint density at radius 3 is 2.38 bits per heavy atom. The monoisotopic (exact) mass is 516 g/mol. The van der Waals surface area contributed by atoms with Crippen LogP contribution in [-0.2, 0) is 22.4 Å². The summed E-state index contributed by atoms with van der Waals surface area (Å²) in [5.41, 5.74) is 3.04. The van der Waals surface area contributed by atoms with Gasteiger partial charge >= 0.3 is 12.0 Å². The molecule has 37 heavy (non-hydrogen) atoms. The number of carbonyl (C=O) groups excluding carboxylic acids is 2. The molecule has 2 amide bonds. The minimum absolute atomic E-state index is 0.0201. The zero-order valence-electron chi connectivity index (χ0n) is 21.5. The van der Waals surface area contributed by atoms with E-state index < -0.39 is 0 Å². The van der Waals surface area contributed by atoms with E-state index >= 15 is 0 Å². The van der Waals surface area contributed by atoms with Gasteiger partial charge < -0.3 is 10.1 Å². The highest BCUT2D eigenvalue weighted by molar-refractivity contribution is 7.99. The number of rotatable bonds is 10. The summed E-state index contributed by atoms with van der Waals surface area (Å²) in [4.78, 5) is 29.2. The topological polar surface area (TPSA) is 58.6 Å². The van der Waals surface area contributed by atoms with Gasteiger partial charge in [0.05, 0.1) is 13.0 Å². The molecule has 0 unspecified atom stereocenters. The Bertz CT molecular complexity index is 1140. The van der Waals surface area contributed by atoms with Gasteiger partial charge in [0, 0.05) is 28.1 Å². The Kier molecular flexibility index (Phi) is 10.1. The van der Waals surface area contributed by atoms with Crippen molar-refractivity contribution in [2.75, 3.05) is 18.1 Å². The van der Waals surface area contributed by atoms with Crippen molar-refractivity contribution in [3.8, 4) is 0 Å². The Labute approximate surface area is 224 Å². The number of nitrogens with zero attached hydrogens (tertiary/aromatic N) is 1. The van der Waals surface area contributed by atoms with Crippen molar-refractivity contribution in [2.45, 2.75) is 67.7 Å². The van der Waals surface area contributed by atoms with Crippen LogP contribution in [0.2, 0.25) is 0 Å². The maximum atomic E-state index is 13.4. The van der Waals surface area contributed by atoms with Crippen molar-refractivity contribution in [2.24, 2.45) is 0 Å². The van der Waals surface area contributed by atoms with Gasteiger partial charge in [-0.05, 0) is 67.6 Å². The molecular weight excluding hydrogens is 480 g/mol. The summed E-state index contributed by atoms with van der Waals surface area (Å²) >= 11 is 1.64. The van der Waals surface area contributed by atoms with E-state index in [9.17, 15) is 9.59 Å². The molecule has 6 heteroatoms. The van der Waals surface area contributed by atoms with E-state index in [-0.39, 0.29) is 24.5 Å². The number of hydrogen-bond donors (Lipinski definition) is 1. The van der Waals surface area contributed by atoms with Gasteiger partial charge in [-0.1, -0.05) is 79.6 Å². The lowest BCUT2D eigenvalue weighted by molar-refractivity contribution is -0.142. The van der Waals surface area contributed by atoms with Crippen LogP contribution in [0.1, 0.15) is 50.2 Å². The predicted octanol–water partition coefficient (Wildman–Crippen LogP) is 7.03. The Hall–Kier alpha value is -3.25. The SMILES string of the molecule is CCOC(=O)Cc1ccc(Sc2cccc(N(CCc3ccccc3)C(=O)NC3CCCCC3)c2)cc1. The Morgan fingerprint density at radius 2 is 1.65 bits per heavy atom. The third-order valence-corrected chi connectivity index (χ3v) is 7.58. The van der Waals surface area contributed by atoms with E-state index in [1.165, 1.54) is 24.8 Å². The van der Waals surface area contributed by atoms with Gasteiger partial charge in [-0.25, -0.2) is 4.79 Å². The number of anilines is 1. The molecule has 0 bridgehead atoms. The van der Waals surface area contributed by atoms with Gasteiger partial charge in [0.1, 0.15) is 0 Å². The zero-order chi connectivity index (χ0) is 25.9. The zero-order valence-corrected chi connectivity index (χ0v) is 22.3. The molecule has 3 aromatic carbocycles. The van der Waals surface area contributed by atoms with Crippen molar-refractivity contribution >= 4 is 29.4 Å². The van der Waals surface area contributed by atoms with Gasteiger partial charge in [0.2, 0.25) is 0 Å². The fourth-order valence-electron chi connectivity index (χ4n) is 4.64. The number of carbonyl (C=O) groups is 2. The molecule has 0 spiro atoms. The molecular formula is C31H36N2O3S. The minimum atomic E-state index is -0.210. The van der Waals surface area contributed by atoms with Crippen LogP contribution in [0, 0.1) is 0 Å². The number of ether oxygens (including phenoxy) is 1. The van der Waals surface area contributed by atoms with E-state index in [0.717, 1.165) is 40.3 Å². The molecule has 3 aromatic rings. The van der Waals surface area contributed by atoms with Crippen LogP contribution in [-0.4, -0.2) is 31.2 Å². The second-order valence-corrected chi connectivity index (χ2v) is 10.5. The van der Waals surface area contributed by atoms with Crippen LogP contribution in [0.15, 0.2) is 88.7 Å². The number of esters is 1. The van der Waals surface area contributed by atoms with Crippen molar-refractivity contribution in [1.82, 2.24) is 5.32 Å². The summed E-state index contributed by atoms with van der Waals surface area (Å²) in [6.07, 6.45) is 6.80. The molecule has 0 aromatic heterocycles. The summed E-state index contributed by atoms with van der Waals surface area (Å²) in [6.45, 7) is 2.82. The second-order valence-electron chi connectivity index (χ2n) is 9.40. The largest absolute Gasteiger partial charge is 0.466 e. The molecule has 1 aliphatic rings. The molecule has 1 fully saturated rings. The van der Waals surface area contributed by atoms with Crippen LogP contribution < -0.4 is 10.2 Å². The number of hydrogen-bond acceptors (Lipinski definition) is 4. The number of nitrogens with one attached hydrogen (secondary N) is 1. The van der Waals surface area contributed by atoms with Gasteiger partial charge in [0.15, 0.2) is 0 Å². The van der Waals surface area contributed by atoms with Gasteiger partial charge in [0.25, 0.3) is 0 Å². The molecule has 1 N–H and O–H groups in total. The molecule has 0 atom stereocenters. The Morgan fingerprint density at radius 1 is 0.892 bits per heavy atom. The van der Waals surface area contributed by atoms with E-state index in [0.29, 0.717) is 13.2 Å². The summed E-state index contributed by atoms with van der Waals surface area (Å²) in [5.74, 6) is -0.210. The molecule has 5 nitrogen and oxygen atoms in total. The van der Waals surface area contributed by atoms with Crippen LogP contribution in [0.3, 0.4) is 0 Å². The van der Waals surface area contributed by atoms with Crippen molar-refractivity contribution in [3.05, 3.63) is 90.0 Å². The lowest BCUT2D eigenvalue weighted by atomic mass is 9.96. The summed E-state index contributed by atoms with van der Waals surface area (Å²) in [5, 5.41) is 3.30. The quantitative estimate of drug-likeness (QED) is 0.294. The third-order valence-electron chi connectivity index (χ3n) is 6.59. The highest BCUT2D eigenvalue weighted by atomic mass is 32.2. The first-order valence-electron chi connectivity index (χ1n) is 13.2. The highest BCUT2D eigenvalue weighted by Gasteiger charge is 2.21. The minimum Gasteiger partial charge on any atom is -0.466 e. The van der Waals surface area contributed by atoms with Crippen molar-refractivity contribution in [1.29, 1.82) is 0 Å². The van der Waals surface area contributed by atoms with E-state index in [2.05, 4.69) is 29.6 Å². The van der Waals surface area contributed by atoms with E-state index in [4.69, 9.17) is 4.74 Å². The molecule has 1 saturated carbocycles. The fraction of sp³-hybridized carbons (Fsp3) is 0.355. The maximum Gasteiger partial charge on any atom is 0.322 e. The Balaban J connectivity index is 1.46. The molecule has 0 saturated heterocycles. The van der Waals surface area contributed by atoms with Crippen molar-refractivity contribution < 1.29 is 14.3 Å². The highest BCUT2D eigenvalue weighted by Crippen LogP contribution is 2.31. The third kappa shape index (κ3) is 8.39. The molecule has 0 heterocycles. The summed E-state index contributed by atoms with van der Waals surface area (Å²) in [6, 6.07) is 26.7. The maximum absolute atomic E-state index is 13.4. The molecule has 1 aliphatic carbocycles. The first-order chi connectivity index (χ1) is 18.1. The first kappa shape index (κ1) is 26.8. The summed E-state index contributed by atoms with van der Waals surface area (Å²) in [7, 11) is 0. The average Bonchev–Trinajstić information content (AvgIpc) is 2.91. The molecule has 0 aliphatic heterocycles. The smallest absolute Gasteiger partial charge is 0.322 e. The number of benzene rings is 3. The standard InChI is InChI=1S/C31H36N2O3S/c1-2-36-30(34)22-25-16-18-28(19-17-25)37-29-15-9-14-27(23-29)33(21-20-24-10-5-3-6-11-24)31(35)32-26-12-7-4-8-13-26/h3,5-6,9-11,14-19,23,26H,2,4,7-8,12-13,20-22H2,1H3,(H,32,35). The normalized spacial score (nSPS) is 13.6. The van der Waals surface area contributed by atoms with E-state index in [1.54, 1.807) is 11.8 Å². The van der Waals surface area contributed by atoms with Crippen LogP contribution in [0.5, 0.6) is 0 Å². The molecule has 194 valence electrons. The van der Waals surface area contributed by atoms with Gasteiger partial charge in [-0.15, -0.1) is 0 Å². The van der Waals surface area contributed by atoms with Gasteiger partial charge in [-0.3, -0.25) is 9.69 Å². The second kappa shape index (κ2) is 13.9. The predicted molar refractivity (Wildman–Crippen MR) is 150 cm³/mol. The van der Waals surface area contributed by atoms with Gasteiger partial charge in [-0.2, -0.15) is 0 Å². The average molecular weight is 517 g/mol. The van der Waals surface area contributed by atoms with Crippen molar-refractivity contribution in [3.63, 3.8) is 0 Å². The number of amides is 2. The van der Waals surface area contributed by atoms with Crippen LogP contribution in [0.25, 0.3) is 0 Å². The first-order valence-corrected chi connectivity index (χ1v) is 14.1. The molecule has 4 rings (SSSR count). The lowest BCUT2D eigenvalue weighted by Gasteiger charge is -2.29. The fourth-order valence-corrected chi connectivity index (χ4v) is 5.51. The lowest BCUT2D eigenvalue weighted by Crippen LogP contribution is -2.46. The molecule has 0 radical (unpaired) electrons. The number of urea groups is 1. The summed E-state index contributed by atoms with van der Waals surface area (Å²) < 4.78 is 5.04. The van der Waals surface area contributed by atoms with Crippen LogP contribution in [0.4, 0.5) is 10.5 Å².